The molecular formula is C9H9F3N2O2. The number of halogens is 3. The van der Waals surface area contributed by atoms with Crippen LogP contribution < -0.4 is 16.0 Å². The molecule has 0 aromatic heterocycles. The number of hydrazine groups is 1. The van der Waals surface area contributed by atoms with Crippen molar-refractivity contribution >= 4 is 5.91 Å². The molecule has 0 radical (unpaired) electrons. The summed E-state index contributed by atoms with van der Waals surface area (Å²) in [5.74, 6) is 4.23. The van der Waals surface area contributed by atoms with E-state index in [0.717, 1.165) is 0 Å². The fraction of sp³-hybridized carbons (Fsp3) is 0.222. The van der Waals surface area contributed by atoms with Crippen LogP contribution in [0.3, 0.4) is 0 Å². The van der Waals surface area contributed by atoms with Gasteiger partial charge in [0.25, 0.3) is 5.91 Å². The van der Waals surface area contributed by atoms with Gasteiger partial charge < -0.3 is 4.74 Å². The van der Waals surface area contributed by atoms with Gasteiger partial charge >= 0.3 is 6.18 Å². The number of carbonyl (C=O) groups excluding carboxylic acids is 1. The molecule has 0 aliphatic rings. The van der Waals surface area contributed by atoms with E-state index in [-0.39, 0.29) is 11.3 Å². The predicted octanol–water partition coefficient (Wildman–Crippen LogP) is 1.23. The average molecular weight is 234 g/mol. The highest BCUT2D eigenvalue weighted by atomic mass is 19.4. The summed E-state index contributed by atoms with van der Waals surface area (Å²) in [6.45, 7) is -1.40. The summed E-state index contributed by atoms with van der Waals surface area (Å²) < 4.78 is 40.0. The van der Waals surface area contributed by atoms with Gasteiger partial charge in [-0.1, -0.05) is 6.07 Å². The van der Waals surface area contributed by atoms with Crippen molar-refractivity contribution in [3.63, 3.8) is 0 Å². The third kappa shape index (κ3) is 3.77. The summed E-state index contributed by atoms with van der Waals surface area (Å²) >= 11 is 0. The van der Waals surface area contributed by atoms with Gasteiger partial charge in [0.15, 0.2) is 6.61 Å². The van der Waals surface area contributed by atoms with Gasteiger partial charge in [-0.25, -0.2) is 5.84 Å². The van der Waals surface area contributed by atoms with E-state index in [0.29, 0.717) is 0 Å². The van der Waals surface area contributed by atoms with E-state index < -0.39 is 18.7 Å². The Bertz CT molecular complexity index is 379. The second-order valence-corrected chi connectivity index (χ2v) is 2.91. The molecule has 0 saturated carbocycles. The Labute approximate surface area is 89.2 Å². The molecule has 1 aromatic carbocycles. The highest BCUT2D eigenvalue weighted by Crippen LogP contribution is 2.19. The Balaban J connectivity index is 2.71. The number of alkyl halides is 3. The van der Waals surface area contributed by atoms with Crippen molar-refractivity contribution in [3.05, 3.63) is 29.8 Å². The Morgan fingerprint density at radius 3 is 2.69 bits per heavy atom. The zero-order valence-electron chi connectivity index (χ0n) is 8.04. The van der Waals surface area contributed by atoms with Gasteiger partial charge in [0.05, 0.1) is 0 Å². The zero-order chi connectivity index (χ0) is 12.2. The monoisotopic (exact) mass is 234 g/mol. The number of rotatable bonds is 3. The summed E-state index contributed by atoms with van der Waals surface area (Å²) in [4.78, 5) is 11.1. The summed E-state index contributed by atoms with van der Waals surface area (Å²) in [6, 6.07) is 5.30. The molecule has 3 N–H and O–H groups in total. The SMILES string of the molecule is NNC(=O)c1cccc(OCC(F)(F)F)c1. The first-order chi connectivity index (χ1) is 7.42. The van der Waals surface area contributed by atoms with E-state index in [2.05, 4.69) is 4.74 Å². The third-order valence-electron chi connectivity index (χ3n) is 1.63. The summed E-state index contributed by atoms with van der Waals surface area (Å²) in [7, 11) is 0. The minimum Gasteiger partial charge on any atom is -0.484 e. The van der Waals surface area contributed by atoms with Crippen molar-refractivity contribution in [2.45, 2.75) is 6.18 Å². The van der Waals surface area contributed by atoms with Gasteiger partial charge in [0, 0.05) is 5.56 Å². The predicted molar refractivity (Wildman–Crippen MR) is 49.6 cm³/mol. The van der Waals surface area contributed by atoms with Crippen LogP contribution in [0.2, 0.25) is 0 Å². The van der Waals surface area contributed by atoms with Crippen molar-refractivity contribution in [2.24, 2.45) is 5.84 Å². The fourth-order valence-electron chi connectivity index (χ4n) is 0.976. The number of benzene rings is 1. The van der Waals surface area contributed by atoms with Crippen LogP contribution in [0, 0.1) is 0 Å². The van der Waals surface area contributed by atoms with Crippen LogP contribution in [0.25, 0.3) is 0 Å². The smallest absolute Gasteiger partial charge is 0.422 e. The third-order valence-corrected chi connectivity index (χ3v) is 1.63. The highest BCUT2D eigenvalue weighted by molar-refractivity contribution is 5.94. The zero-order valence-corrected chi connectivity index (χ0v) is 8.04. The number of hydrogen-bond donors (Lipinski definition) is 2. The summed E-state index contributed by atoms with van der Waals surface area (Å²) in [5.41, 5.74) is 1.99. The number of carbonyl (C=O) groups is 1. The van der Waals surface area contributed by atoms with Crippen LogP contribution in [0.4, 0.5) is 13.2 Å². The van der Waals surface area contributed by atoms with E-state index in [1.165, 1.54) is 24.3 Å². The maximum absolute atomic E-state index is 11.8. The molecule has 0 aliphatic heterocycles. The van der Waals surface area contributed by atoms with Gasteiger partial charge in [0.2, 0.25) is 0 Å². The number of amides is 1. The second-order valence-electron chi connectivity index (χ2n) is 2.91. The second kappa shape index (κ2) is 4.84. The number of nitrogen functional groups attached to an aromatic ring is 1. The molecule has 0 spiro atoms. The average Bonchev–Trinajstić information content (AvgIpc) is 2.25. The molecule has 0 atom stereocenters. The van der Waals surface area contributed by atoms with Crippen molar-refractivity contribution < 1.29 is 22.7 Å². The van der Waals surface area contributed by atoms with Crippen LogP contribution in [-0.2, 0) is 0 Å². The molecular weight excluding hydrogens is 225 g/mol. The van der Waals surface area contributed by atoms with Gasteiger partial charge in [-0.05, 0) is 18.2 Å². The molecule has 0 unspecified atom stereocenters. The highest BCUT2D eigenvalue weighted by Gasteiger charge is 2.28. The van der Waals surface area contributed by atoms with E-state index in [4.69, 9.17) is 5.84 Å². The molecule has 0 heterocycles. The maximum Gasteiger partial charge on any atom is 0.422 e. The lowest BCUT2D eigenvalue weighted by Crippen LogP contribution is -2.30. The van der Waals surface area contributed by atoms with Crippen molar-refractivity contribution in [2.75, 3.05) is 6.61 Å². The lowest BCUT2D eigenvalue weighted by Gasteiger charge is -2.09. The number of hydrogen-bond acceptors (Lipinski definition) is 3. The first-order valence-corrected chi connectivity index (χ1v) is 4.23. The molecule has 0 aliphatic carbocycles. The Hall–Kier alpha value is -1.76. The van der Waals surface area contributed by atoms with E-state index in [1.807, 2.05) is 5.43 Å². The van der Waals surface area contributed by atoms with E-state index in [1.54, 1.807) is 0 Å². The van der Waals surface area contributed by atoms with Crippen molar-refractivity contribution in [1.82, 2.24) is 5.43 Å². The maximum atomic E-state index is 11.8. The quantitative estimate of drug-likeness (QED) is 0.469. The van der Waals surface area contributed by atoms with Crippen LogP contribution in [0.5, 0.6) is 5.75 Å². The van der Waals surface area contributed by atoms with Gasteiger partial charge in [-0.15, -0.1) is 0 Å². The minimum absolute atomic E-state index is 0.0431. The lowest BCUT2D eigenvalue weighted by atomic mass is 10.2. The largest absolute Gasteiger partial charge is 0.484 e. The van der Waals surface area contributed by atoms with Crippen LogP contribution in [0.1, 0.15) is 10.4 Å². The van der Waals surface area contributed by atoms with Gasteiger partial charge in [-0.2, -0.15) is 13.2 Å². The topological polar surface area (TPSA) is 64.3 Å². The molecule has 1 rings (SSSR count). The number of ether oxygens (including phenoxy) is 1. The number of nitrogens with two attached hydrogens (primary N) is 1. The standard InChI is InChI=1S/C9H9F3N2O2/c10-9(11,12)5-16-7-3-1-2-6(4-7)8(15)14-13/h1-4H,5,13H2,(H,14,15). The van der Waals surface area contributed by atoms with Crippen LogP contribution in [0.15, 0.2) is 24.3 Å². The molecule has 1 aromatic rings. The van der Waals surface area contributed by atoms with Crippen molar-refractivity contribution in [1.29, 1.82) is 0 Å². The molecule has 0 saturated heterocycles. The molecule has 7 heteroatoms. The lowest BCUT2D eigenvalue weighted by molar-refractivity contribution is -0.153. The molecule has 88 valence electrons. The molecule has 0 bridgehead atoms. The van der Waals surface area contributed by atoms with E-state index in [9.17, 15) is 18.0 Å². The first kappa shape index (κ1) is 12.3. The van der Waals surface area contributed by atoms with Gasteiger partial charge in [0.1, 0.15) is 5.75 Å². The van der Waals surface area contributed by atoms with Gasteiger partial charge in [-0.3, -0.25) is 10.2 Å². The molecule has 4 nitrogen and oxygen atoms in total. The minimum atomic E-state index is -4.41. The Morgan fingerprint density at radius 2 is 2.12 bits per heavy atom. The van der Waals surface area contributed by atoms with Crippen LogP contribution in [-0.4, -0.2) is 18.7 Å². The summed E-state index contributed by atoms with van der Waals surface area (Å²) in [6.07, 6.45) is -4.41. The normalized spacial score (nSPS) is 11.0. The molecule has 16 heavy (non-hydrogen) atoms. The van der Waals surface area contributed by atoms with Crippen molar-refractivity contribution in [3.8, 4) is 5.75 Å². The first-order valence-electron chi connectivity index (χ1n) is 4.23. The van der Waals surface area contributed by atoms with Crippen LogP contribution >= 0.6 is 0 Å². The number of nitrogens with one attached hydrogen (secondary N) is 1. The molecule has 0 fully saturated rings. The molecule has 1 amide bonds. The fourth-order valence-corrected chi connectivity index (χ4v) is 0.976. The summed E-state index contributed by atoms with van der Waals surface area (Å²) in [5, 5.41) is 0. The Morgan fingerprint density at radius 1 is 1.44 bits per heavy atom. The Kier molecular flexibility index (Phi) is 3.73. The van der Waals surface area contributed by atoms with E-state index >= 15 is 0 Å².